The Hall–Kier alpha value is -0.0800. The van der Waals surface area contributed by atoms with Crippen LogP contribution in [0.25, 0.3) is 0 Å². The summed E-state index contributed by atoms with van der Waals surface area (Å²) in [5, 5.41) is 0. The molecular formula is C14H27NO. The van der Waals surface area contributed by atoms with Crippen molar-refractivity contribution >= 4 is 0 Å². The molecule has 16 heavy (non-hydrogen) atoms. The average molecular weight is 225 g/mol. The third-order valence-corrected chi connectivity index (χ3v) is 4.78. The molecule has 1 saturated heterocycles. The highest BCUT2D eigenvalue weighted by Crippen LogP contribution is 2.35. The SMILES string of the molecule is COC1CC(N2CC[C@H](C(C)C)C[C@@H]2C)C1. The second kappa shape index (κ2) is 5.05. The fourth-order valence-electron chi connectivity index (χ4n) is 3.38. The maximum Gasteiger partial charge on any atom is 0.0601 e. The van der Waals surface area contributed by atoms with E-state index in [1.165, 1.54) is 32.2 Å². The zero-order valence-corrected chi connectivity index (χ0v) is 11.3. The van der Waals surface area contributed by atoms with Crippen LogP contribution >= 0.6 is 0 Å². The molecule has 2 fully saturated rings. The van der Waals surface area contributed by atoms with Crippen LogP contribution in [0.15, 0.2) is 0 Å². The van der Waals surface area contributed by atoms with Crippen LogP contribution in [0.5, 0.6) is 0 Å². The Morgan fingerprint density at radius 3 is 2.38 bits per heavy atom. The molecule has 1 heterocycles. The van der Waals surface area contributed by atoms with Gasteiger partial charge in [0.25, 0.3) is 0 Å². The van der Waals surface area contributed by atoms with Crippen molar-refractivity contribution in [3.63, 3.8) is 0 Å². The van der Waals surface area contributed by atoms with E-state index in [1.807, 2.05) is 7.11 Å². The first-order chi connectivity index (χ1) is 7.61. The first kappa shape index (κ1) is 12.4. The Morgan fingerprint density at radius 1 is 1.19 bits per heavy atom. The summed E-state index contributed by atoms with van der Waals surface area (Å²) in [6, 6.07) is 1.59. The molecule has 0 amide bonds. The molecule has 1 aliphatic heterocycles. The Morgan fingerprint density at radius 2 is 1.88 bits per heavy atom. The van der Waals surface area contributed by atoms with Gasteiger partial charge in [0, 0.05) is 19.2 Å². The number of piperidine rings is 1. The minimum Gasteiger partial charge on any atom is -0.381 e. The van der Waals surface area contributed by atoms with Gasteiger partial charge in [-0.2, -0.15) is 0 Å². The molecule has 0 bridgehead atoms. The number of ether oxygens (including phenoxy) is 1. The number of hydrogen-bond donors (Lipinski definition) is 0. The van der Waals surface area contributed by atoms with Gasteiger partial charge in [-0.3, -0.25) is 4.90 Å². The van der Waals surface area contributed by atoms with Gasteiger partial charge in [-0.15, -0.1) is 0 Å². The van der Waals surface area contributed by atoms with Crippen LogP contribution in [0.3, 0.4) is 0 Å². The lowest BCUT2D eigenvalue weighted by molar-refractivity contribution is -0.0548. The van der Waals surface area contributed by atoms with Gasteiger partial charge < -0.3 is 4.74 Å². The molecule has 2 heteroatoms. The molecule has 2 aliphatic rings. The highest BCUT2D eigenvalue weighted by atomic mass is 16.5. The second-order valence-corrected chi connectivity index (χ2v) is 6.10. The Balaban J connectivity index is 1.81. The van der Waals surface area contributed by atoms with Gasteiger partial charge in [0.1, 0.15) is 0 Å². The predicted octanol–water partition coefficient (Wildman–Crippen LogP) is 2.92. The molecule has 2 rings (SSSR count). The predicted molar refractivity (Wildman–Crippen MR) is 67.5 cm³/mol. The minimum absolute atomic E-state index is 0.542. The molecule has 1 aliphatic carbocycles. The van der Waals surface area contributed by atoms with E-state index in [9.17, 15) is 0 Å². The van der Waals surface area contributed by atoms with Gasteiger partial charge in [0.05, 0.1) is 6.10 Å². The topological polar surface area (TPSA) is 12.5 Å². The standard InChI is InChI=1S/C14H27NO/c1-10(2)12-5-6-15(11(3)7-12)13-8-14(9-13)16-4/h10-14H,5-9H2,1-4H3/t11-,12-,13?,14?/m0/s1. The maximum absolute atomic E-state index is 5.38. The zero-order chi connectivity index (χ0) is 11.7. The summed E-state index contributed by atoms with van der Waals surface area (Å²) >= 11 is 0. The molecular weight excluding hydrogens is 198 g/mol. The summed E-state index contributed by atoms with van der Waals surface area (Å²) in [5.74, 6) is 1.81. The number of likely N-dealkylation sites (tertiary alicyclic amines) is 1. The lowest BCUT2D eigenvalue weighted by Gasteiger charge is -2.49. The number of hydrogen-bond acceptors (Lipinski definition) is 2. The van der Waals surface area contributed by atoms with E-state index in [-0.39, 0.29) is 0 Å². The highest BCUT2D eigenvalue weighted by molar-refractivity contribution is 4.93. The Kier molecular flexibility index (Phi) is 3.91. The first-order valence-electron chi connectivity index (χ1n) is 6.90. The molecule has 2 atom stereocenters. The third kappa shape index (κ3) is 2.43. The van der Waals surface area contributed by atoms with E-state index in [0.29, 0.717) is 6.10 Å². The summed E-state index contributed by atoms with van der Waals surface area (Å²) in [5.41, 5.74) is 0. The molecule has 1 saturated carbocycles. The molecule has 0 radical (unpaired) electrons. The van der Waals surface area contributed by atoms with Crippen molar-refractivity contribution in [1.82, 2.24) is 4.90 Å². The number of rotatable bonds is 3. The van der Waals surface area contributed by atoms with Gasteiger partial charge in [0.15, 0.2) is 0 Å². The van der Waals surface area contributed by atoms with Crippen LogP contribution < -0.4 is 0 Å². The summed E-state index contributed by atoms with van der Waals surface area (Å²) in [4.78, 5) is 2.73. The van der Waals surface area contributed by atoms with Gasteiger partial charge in [-0.05, 0) is 51.0 Å². The van der Waals surface area contributed by atoms with Gasteiger partial charge >= 0.3 is 0 Å². The lowest BCUT2D eigenvalue weighted by atomic mass is 9.79. The van der Waals surface area contributed by atoms with Crippen LogP contribution in [0.2, 0.25) is 0 Å². The van der Waals surface area contributed by atoms with Gasteiger partial charge in [-0.1, -0.05) is 13.8 Å². The smallest absolute Gasteiger partial charge is 0.0601 e. The fraction of sp³-hybridized carbons (Fsp3) is 1.00. The van der Waals surface area contributed by atoms with Crippen molar-refractivity contribution in [1.29, 1.82) is 0 Å². The molecule has 0 aromatic carbocycles. The van der Waals surface area contributed by atoms with E-state index < -0.39 is 0 Å². The largest absolute Gasteiger partial charge is 0.381 e. The molecule has 0 aromatic heterocycles. The van der Waals surface area contributed by atoms with Crippen molar-refractivity contribution in [2.45, 2.75) is 64.6 Å². The van der Waals surface area contributed by atoms with E-state index in [0.717, 1.165) is 23.9 Å². The van der Waals surface area contributed by atoms with Crippen LogP contribution in [0, 0.1) is 11.8 Å². The van der Waals surface area contributed by atoms with Crippen molar-refractivity contribution in [3.8, 4) is 0 Å². The Labute approximate surface area is 100 Å². The summed E-state index contributed by atoms with van der Waals surface area (Å²) < 4.78 is 5.38. The quantitative estimate of drug-likeness (QED) is 0.732. The number of nitrogens with zero attached hydrogens (tertiary/aromatic N) is 1. The minimum atomic E-state index is 0.542. The highest BCUT2D eigenvalue weighted by Gasteiger charge is 2.38. The van der Waals surface area contributed by atoms with Gasteiger partial charge in [0.2, 0.25) is 0 Å². The van der Waals surface area contributed by atoms with E-state index in [2.05, 4.69) is 25.7 Å². The summed E-state index contributed by atoms with van der Waals surface area (Å²) in [6.45, 7) is 8.47. The second-order valence-electron chi connectivity index (χ2n) is 6.10. The van der Waals surface area contributed by atoms with E-state index in [1.54, 1.807) is 0 Å². The van der Waals surface area contributed by atoms with Crippen molar-refractivity contribution in [2.75, 3.05) is 13.7 Å². The Bertz CT molecular complexity index is 223. The van der Waals surface area contributed by atoms with Crippen LogP contribution in [-0.4, -0.2) is 36.7 Å². The third-order valence-electron chi connectivity index (χ3n) is 4.78. The van der Waals surface area contributed by atoms with E-state index in [4.69, 9.17) is 4.74 Å². The molecule has 94 valence electrons. The van der Waals surface area contributed by atoms with Crippen molar-refractivity contribution in [3.05, 3.63) is 0 Å². The zero-order valence-electron chi connectivity index (χ0n) is 11.3. The molecule has 0 aromatic rings. The molecule has 2 nitrogen and oxygen atoms in total. The van der Waals surface area contributed by atoms with Crippen molar-refractivity contribution in [2.24, 2.45) is 11.8 Å². The van der Waals surface area contributed by atoms with Crippen molar-refractivity contribution < 1.29 is 4.74 Å². The lowest BCUT2D eigenvalue weighted by Crippen LogP contribution is -2.54. The average Bonchev–Trinajstić information content (AvgIpc) is 2.18. The summed E-state index contributed by atoms with van der Waals surface area (Å²) in [7, 11) is 1.84. The van der Waals surface area contributed by atoms with Crippen LogP contribution in [0.4, 0.5) is 0 Å². The first-order valence-corrected chi connectivity index (χ1v) is 6.90. The summed E-state index contributed by atoms with van der Waals surface area (Å²) in [6.07, 6.45) is 5.85. The number of methoxy groups -OCH3 is 1. The van der Waals surface area contributed by atoms with Crippen LogP contribution in [0.1, 0.15) is 46.5 Å². The van der Waals surface area contributed by atoms with Gasteiger partial charge in [-0.25, -0.2) is 0 Å². The monoisotopic (exact) mass is 225 g/mol. The molecule has 0 N–H and O–H groups in total. The molecule has 0 unspecified atom stereocenters. The normalized spacial score (nSPS) is 41.1. The van der Waals surface area contributed by atoms with Crippen LogP contribution in [-0.2, 0) is 4.74 Å². The maximum atomic E-state index is 5.38. The fourth-order valence-corrected chi connectivity index (χ4v) is 3.38. The molecule has 0 spiro atoms. The van der Waals surface area contributed by atoms with E-state index >= 15 is 0 Å².